The highest BCUT2D eigenvalue weighted by Gasteiger charge is 2.42. The first-order valence-electron chi connectivity index (χ1n) is 13.1. The number of halogens is 2. The third-order valence-corrected chi connectivity index (χ3v) is 9.49. The van der Waals surface area contributed by atoms with Gasteiger partial charge in [0.25, 0.3) is 0 Å². The van der Waals surface area contributed by atoms with E-state index < -0.39 is 27.1 Å². The number of pyridine rings is 1. The first-order valence-corrected chi connectivity index (χ1v) is 14.7. The number of aryl methyl sites for hydroxylation is 1. The van der Waals surface area contributed by atoms with Gasteiger partial charge < -0.3 is 10.5 Å². The van der Waals surface area contributed by atoms with E-state index in [2.05, 4.69) is 10.1 Å². The highest BCUT2D eigenvalue weighted by Crippen LogP contribution is 2.39. The minimum absolute atomic E-state index is 0.0147. The molecule has 1 aliphatic heterocycles. The molecule has 0 saturated carbocycles. The number of allylic oxidation sites excluding steroid dienone is 1. The molecular formula is C30H27F2N5O4S. The summed E-state index contributed by atoms with van der Waals surface area (Å²) in [6.45, 7) is 5.59. The van der Waals surface area contributed by atoms with E-state index in [9.17, 15) is 17.6 Å². The molecule has 0 unspecified atom stereocenters. The molecule has 2 N–H and O–H groups in total. The molecule has 2 aromatic heterocycles. The van der Waals surface area contributed by atoms with Crippen molar-refractivity contribution in [3.63, 3.8) is 0 Å². The van der Waals surface area contributed by atoms with Crippen LogP contribution < -0.4 is 14.8 Å². The number of hydrogen-bond acceptors (Lipinski definition) is 7. The number of aromatic nitrogens is 3. The van der Waals surface area contributed by atoms with Gasteiger partial charge >= 0.3 is 0 Å². The van der Waals surface area contributed by atoms with Crippen LogP contribution in [0.3, 0.4) is 0 Å². The summed E-state index contributed by atoms with van der Waals surface area (Å²) in [7, 11) is -3.66. The van der Waals surface area contributed by atoms with Gasteiger partial charge in [-0.15, -0.1) is 0 Å². The van der Waals surface area contributed by atoms with Crippen LogP contribution in [0.25, 0.3) is 11.8 Å². The third-order valence-electron chi connectivity index (χ3n) is 7.35. The van der Waals surface area contributed by atoms with Crippen LogP contribution in [0.15, 0.2) is 60.4 Å². The van der Waals surface area contributed by atoms with E-state index in [1.54, 1.807) is 31.2 Å². The van der Waals surface area contributed by atoms with E-state index in [1.165, 1.54) is 41.3 Å². The fourth-order valence-corrected chi connectivity index (χ4v) is 7.59. The van der Waals surface area contributed by atoms with Crippen molar-refractivity contribution in [3.8, 4) is 17.3 Å². The predicted molar refractivity (Wildman–Crippen MR) is 154 cm³/mol. The fourth-order valence-electron chi connectivity index (χ4n) is 5.37. The molecule has 12 heteroatoms. The fraction of sp³-hybridized carbons (Fsp3) is 0.233. The molecule has 1 fully saturated rings. The Balaban J connectivity index is 1.23. The summed E-state index contributed by atoms with van der Waals surface area (Å²) in [5, 5.41) is 4.30. The second-order valence-corrected chi connectivity index (χ2v) is 13.2. The van der Waals surface area contributed by atoms with Crippen LogP contribution >= 0.6 is 0 Å². The van der Waals surface area contributed by atoms with Gasteiger partial charge in [0.1, 0.15) is 11.6 Å². The van der Waals surface area contributed by atoms with Gasteiger partial charge in [-0.2, -0.15) is 5.10 Å². The van der Waals surface area contributed by atoms with Crippen molar-refractivity contribution in [3.05, 3.63) is 94.3 Å². The number of sulfonamides is 1. The van der Waals surface area contributed by atoms with Crippen LogP contribution in [0, 0.1) is 24.0 Å². The summed E-state index contributed by atoms with van der Waals surface area (Å²) in [6.07, 6.45) is 4.60. The lowest BCUT2D eigenvalue weighted by Crippen LogP contribution is -2.27. The Morgan fingerprint density at radius 3 is 2.52 bits per heavy atom. The quantitative estimate of drug-likeness (QED) is 0.305. The minimum atomic E-state index is -3.66. The summed E-state index contributed by atoms with van der Waals surface area (Å²) < 4.78 is 62.6. The Kier molecular flexibility index (Phi) is 6.41. The topological polar surface area (TPSA) is 120 Å². The molecule has 1 aliphatic carbocycles. The summed E-state index contributed by atoms with van der Waals surface area (Å²) >= 11 is 0. The lowest BCUT2D eigenvalue weighted by molar-refractivity contribution is 0.103. The number of nitrogen functional groups attached to an aromatic ring is 1. The van der Waals surface area contributed by atoms with Crippen LogP contribution in [0.1, 0.15) is 40.9 Å². The van der Waals surface area contributed by atoms with E-state index in [-0.39, 0.29) is 53.2 Å². The molecule has 0 atom stereocenters. The predicted octanol–water partition coefficient (Wildman–Crippen LogP) is 5.23. The standard InChI is InChI=1S/C30H27F2N5O4S/c1-17-8-27(41-26-7-5-4-6-22(26)31)34-14-25(17)37-29(33)21(13-35-37)28(38)20-9-18-11-23(32)24(12-19(18)10-20)36-15-30(2,3)16-42(36,39)40/h4-9,11-14H,10,15-16,33H2,1-3H3. The largest absolute Gasteiger partial charge is 0.436 e. The number of anilines is 2. The molecule has 6 rings (SSSR count). The van der Waals surface area contributed by atoms with E-state index in [0.717, 1.165) is 4.31 Å². The minimum Gasteiger partial charge on any atom is -0.436 e. The Labute approximate surface area is 241 Å². The van der Waals surface area contributed by atoms with Crippen molar-refractivity contribution < 1.29 is 26.7 Å². The molecule has 9 nitrogen and oxygen atoms in total. The highest BCUT2D eigenvalue weighted by molar-refractivity contribution is 7.93. The maximum absolute atomic E-state index is 15.1. The third kappa shape index (κ3) is 4.81. The maximum Gasteiger partial charge on any atom is 0.235 e. The molecule has 42 heavy (non-hydrogen) atoms. The first-order chi connectivity index (χ1) is 19.8. The second-order valence-electron chi connectivity index (χ2n) is 11.3. The van der Waals surface area contributed by atoms with Crippen molar-refractivity contribution in [1.82, 2.24) is 14.8 Å². The number of nitrogens with two attached hydrogens (primary N) is 1. The van der Waals surface area contributed by atoms with E-state index >= 15 is 4.39 Å². The number of Topliss-reactive ketones (excluding diaryl/α,β-unsaturated/α-hetero) is 1. The van der Waals surface area contributed by atoms with Crippen LogP contribution in [0.4, 0.5) is 20.3 Å². The Hall–Kier alpha value is -4.58. The van der Waals surface area contributed by atoms with Gasteiger partial charge in [-0.25, -0.2) is 26.9 Å². The number of fused-ring (bicyclic) bond motifs is 1. The molecule has 216 valence electrons. The molecule has 1 saturated heterocycles. The average molecular weight is 592 g/mol. The van der Waals surface area contributed by atoms with E-state index in [4.69, 9.17) is 10.5 Å². The molecule has 0 amide bonds. The Bertz CT molecular complexity index is 1920. The van der Waals surface area contributed by atoms with Gasteiger partial charge in [-0.1, -0.05) is 26.0 Å². The zero-order chi connectivity index (χ0) is 30.0. The van der Waals surface area contributed by atoms with Crippen molar-refractivity contribution in [1.29, 1.82) is 0 Å². The number of benzene rings is 2. The van der Waals surface area contributed by atoms with Gasteiger partial charge in [-0.05, 0) is 59.4 Å². The van der Waals surface area contributed by atoms with Crippen molar-refractivity contribution >= 4 is 33.4 Å². The number of nitrogens with zero attached hydrogens (tertiary/aromatic N) is 4. The van der Waals surface area contributed by atoms with Crippen molar-refractivity contribution in [2.75, 3.05) is 22.3 Å². The number of hydrogen-bond donors (Lipinski definition) is 1. The molecule has 2 aliphatic rings. The van der Waals surface area contributed by atoms with Gasteiger partial charge in [0.15, 0.2) is 17.3 Å². The molecule has 4 aromatic rings. The first kappa shape index (κ1) is 27.6. The number of ketones is 1. The number of carbonyl (C=O) groups is 1. The van der Waals surface area contributed by atoms with Gasteiger partial charge in [0.2, 0.25) is 15.9 Å². The molecule has 0 bridgehead atoms. The lowest BCUT2D eigenvalue weighted by Gasteiger charge is -2.20. The van der Waals surface area contributed by atoms with Crippen LogP contribution in [0.5, 0.6) is 11.6 Å². The summed E-state index contributed by atoms with van der Waals surface area (Å²) in [4.78, 5) is 17.7. The van der Waals surface area contributed by atoms with E-state index in [1.807, 2.05) is 13.8 Å². The lowest BCUT2D eigenvalue weighted by atomic mass is 9.96. The second kappa shape index (κ2) is 9.76. The van der Waals surface area contributed by atoms with Gasteiger partial charge in [0, 0.05) is 24.6 Å². The molecule has 0 radical (unpaired) electrons. The zero-order valence-electron chi connectivity index (χ0n) is 23.1. The molecule has 2 aromatic carbocycles. The SMILES string of the molecule is Cc1cc(Oc2ccccc2F)ncc1-n1ncc(C(=O)C2=Cc3cc(F)c(N4CC(C)(C)CS4(=O)=O)cc3C2)c1N. The van der Waals surface area contributed by atoms with Crippen molar-refractivity contribution in [2.24, 2.45) is 5.41 Å². The number of para-hydroxylation sites is 1. The number of ether oxygens (including phenoxy) is 1. The zero-order valence-corrected chi connectivity index (χ0v) is 23.9. The number of carbonyl (C=O) groups excluding carboxylic acids is 1. The average Bonchev–Trinajstić information content (AvgIpc) is 3.56. The summed E-state index contributed by atoms with van der Waals surface area (Å²) in [5.74, 6) is -1.34. The molecule has 0 spiro atoms. The maximum atomic E-state index is 15.1. The molecule has 3 heterocycles. The normalized spacial score (nSPS) is 16.8. The van der Waals surface area contributed by atoms with Gasteiger partial charge in [0.05, 0.1) is 35.1 Å². The van der Waals surface area contributed by atoms with Gasteiger partial charge in [-0.3, -0.25) is 9.10 Å². The van der Waals surface area contributed by atoms with Crippen LogP contribution in [-0.2, 0) is 16.4 Å². The smallest absolute Gasteiger partial charge is 0.235 e. The van der Waals surface area contributed by atoms with Crippen LogP contribution in [-0.4, -0.2) is 41.3 Å². The molecular weight excluding hydrogens is 564 g/mol. The number of rotatable bonds is 6. The Morgan fingerprint density at radius 1 is 1.07 bits per heavy atom. The summed E-state index contributed by atoms with van der Waals surface area (Å²) in [5.41, 5.74) is 8.68. The van der Waals surface area contributed by atoms with E-state index in [0.29, 0.717) is 28.0 Å². The summed E-state index contributed by atoms with van der Waals surface area (Å²) in [6, 6.07) is 10.4. The Morgan fingerprint density at radius 2 is 1.83 bits per heavy atom. The highest BCUT2D eigenvalue weighted by atomic mass is 32.2. The van der Waals surface area contributed by atoms with Crippen LogP contribution in [0.2, 0.25) is 0 Å². The van der Waals surface area contributed by atoms with Crippen molar-refractivity contribution in [2.45, 2.75) is 27.2 Å². The monoisotopic (exact) mass is 591 g/mol.